The number of alkyl halides is 2. The SMILES string of the molecule is CCC(CF)CF. The summed E-state index contributed by atoms with van der Waals surface area (Å²) in [4.78, 5) is 0. The molecule has 0 aliphatic heterocycles. The van der Waals surface area contributed by atoms with Crippen LogP contribution in [0.15, 0.2) is 0 Å². The van der Waals surface area contributed by atoms with Crippen LogP contribution in [0.2, 0.25) is 0 Å². The van der Waals surface area contributed by atoms with Gasteiger partial charge in [-0.05, 0) is 6.42 Å². The molecule has 0 spiro atoms. The summed E-state index contributed by atoms with van der Waals surface area (Å²) in [6.07, 6.45) is 0.604. The van der Waals surface area contributed by atoms with Crippen LogP contribution in [0.3, 0.4) is 0 Å². The van der Waals surface area contributed by atoms with Crippen molar-refractivity contribution in [2.24, 2.45) is 5.92 Å². The minimum absolute atomic E-state index is 0.347. The summed E-state index contributed by atoms with van der Waals surface area (Å²) in [5.41, 5.74) is 0. The van der Waals surface area contributed by atoms with Crippen molar-refractivity contribution in [2.75, 3.05) is 13.3 Å². The highest BCUT2D eigenvalue weighted by Crippen LogP contribution is 2.01. The predicted octanol–water partition coefficient (Wildman–Crippen LogP) is 1.95. The third kappa shape index (κ3) is 2.54. The van der Waals surface area contributed by atoms with Crippen LogP contribution in [0.4, 0.5) is 8.78 Å². The molecule has 0 fully saturated rings. The normalized spacial score (nSPS) is 10.3. The van der Waals surface area contributed by atoms with E-state index >= 15 is 0 Å². The molecule has 2 heteroatoms. The van der Waals surface area contributed by atoms with E-state index in [9.17, 15) is 8.78 Å². The van der Waals surface area contributed by atoms with Gasteiger partial charge in [-0.3, -0.25) is 8.78 Å². The van der Waals surface area contributed by atoms with Crippen LogP contribution in [-0.4, -0.2) is 13.3 Å². The fraction of sp³-hybridized carbons (Fsp3) is 1.00. The lowest BCUT2D eigenvalue weighted by Gasteiger charge is -2.00. The molecule has 0 heterocycles. The molecule has 0 nitrogen and oxygen atoms in total. The predicted molar refractivity (Wildman–Crippen MR) is 25.7 cm³/mol. The Morgan fingerprint density at radius 2 is 1.71 bits per heavy atom. The molecule has 0 aliphatic rings. The molecule has 0 saturated carbocycles. The number of halogens is 2. The molecule has 0 aliphatic carbocycles. The Labute approximate surface area is 42.5 Å². The van der Waals surface area contributed by atoms with E-state index in [1.807, 2.05) is 0 Å². The van der Waals surface area contributed by atoms with E-state index in [2.05, 4.69) is 0 Å². The molecule has 7 heavy (non-hydrogen) atoms. The van der Waals surface area contributed by atoms with Crippen LogP contribution in [-0.2, 0) is 0 Å². The van der Waals surface area contributed by atoms with Gasteiger partial charge in [0.15, 0.2) is 0 Å². The maximum atomic E-state index is 11.4. The summed E-state index contributed by atoms with van der Waals surface area (Å²) >= 11 is 0. The lowest BCUT2D eigenvalue weighted by Crippen LogP contribution is -2.01. The molecular formula is C5H10F2. The van der Waals surface area contributed by atoms with Crippen molar-refractivity contribution in [2.45, 2.75) is 13.3 Å². The first-order valence-corrected chi connectivity index (χ1v) is 2.47. The van der Waals surface area contributed by atoms with Crippen molar-refractivity contribution >= 4 is 0 Å². The molecule has 0 bridgehead atoms. The van der Waals surface area contributed by atoms with E-state index in [-0.39, 0.29) is 5.92 Å². The van der Waals surface area contributed by atoms with Crippen molar-refractivity contribution in [3.63, 3.8) is 0 Å². The van der Waals surface area contributed by atoms with Crippen LogP contribution >= 0.6 is 0 Å². The number of rotatable bonds is 3. The van der Waals surface area contributed by atoms with Gasteiger partial charge >= 0.3 is 0 Å². The third-order valence-electron chi connectivity index (χ3n) is 1.01. The molecule has 44 valence electrons. The minimum Gasteiger partial charge on any atom is -0.251 e. The molecule has 0 saturated heterocycles. The lowest BCUT2D eigenvalue weighted by molar-refractivity contribution is 0.283. The van der Waals surface area contributed by atoms with Gasteiger partial charge in [0.1, 0.15) is 0 Å². The van der Waals surface area contributed by atoms with Gasteiger partial charge in [-0.15, -0.1) is 0 Å². The molecule has 0 amide bonds. The van der Waals surface area contributed by atoms with Crippen molar-refractivity contribution in [1.29, 1.82) is 0 Å². The third-order valence-corrected chi connectivity index (χ3v) is 1.01. The average Bonchev–Trinajstić information content (AvgIpc) is 1.72. The Balaban J connectivity index is 2.99. The monoisotopic (exact) mass is 108 g/mol. The van der Waals surface area contributed by atoms with Crippen molar-refractivity contribution in [3.8, 4) is 0 Å². The summed E-state index contributed by atoms with van der Waals surface area (Å²) in [5, 5.41) is 0. The molecular weight excluding hydrogens is 98.1 g/mol. The van der Waals surface area contributed by atoms with Crippen LogP contribution in [0.1, 0.15) is 13.3 Å². The van der Waals surface area contributed by atoms with Gasteiger partial charge in [0.25, 0.3) is 0 Å². The molecule has 0 aromatic rings. The van der Waals surface area contributed by atoms with E-state index < -0.39 is 13.3 Å². The summed E-state index contributed by atoms with van der Waals surface area (Å²) in [6.45, 7) is 0.740. The zero-order valence-corrected chi connectivity index (χ0v) is 4.45. The summed E-state index contributed by atoms with van der Waals surface area (Å²) < 4.78 is 22.8. The van der Waals surface area contributed by atoms with Crippen LogP contribution in [0.5, 0.6) is 0 Å². The molecule has 0 radical (unpaired) electrons. The van der Waals surface area contributed by atoms with Crippen molar-refractivity contribution in [1.82, 2.24) is 0 Å². The van der Waals surface area contributed by atoms with Gasteiger partial charge in [-0.25, -0.2) is 0 Å². The molecule has 0 rings (SSSR count). The maximum Gasteiger partial charge on any atom is 0.0947 e. The molecule has 0 N–H and O–H groups in total. The first kappa shape index (κ1) is 6.86. The Bertz CT molecular complexity index is 27.6. The van der Waals surface area contributed by atoms with Gasteiger partial charge < -0.3 is 0 Å². The molecule has 0 aromatic heterocycles. The lowest BCUT2D eigenvalue weighted by atomic mass is 10.1. The van der Waals surface area contributed by atoms with E-state index in [4.69, 9.17) is 0 Å². The largest absolute Gasteiger partial charge is 0.251 e. The zero-order valence-electron chi connectivity index (χ0n) is 4.45. The standard InChI is InChI=1S/C5H10F2/c1-2-5(3-6)4-7/h5H,2-4H2,1H3. The Morgan fingerprint density at radius 1 is 1.29 bits per heavy atom. The molecule has 0 unspecified atom stereocenters. The van der Waals surface area contributed by atoms with Crippen molar-refractivity contribution < 1.29 is 8.78 Å². The average molecular weight is 108 g/mol. The Hall–Kier alpha value is -0.140. The van der Waals surface area contributed by atoms with E-state index in [0.717, 1.165) is 0 Å². The second-order valence-electron chi connectivity index (χ2n) is 1.58. The second-order valence-corrected chi connectivity index (χ2v) is 1.58. The summed E-state index contributed by atoms with van der Waals surface area (Å²) in [5.74, 6) is -0.347. The maximum absolute atomic E-state index is 11.4. The van der Waals surface area contributed by atoms with Crippen molar-refractivity contribution in [3.05, 3.63) is 0 Å². The quantitative estimate of drug-likeness (QED) is 0.518. The van der Waals surface area contributed by atoms with Crippen LogP contribution in [0, 0.1) is 5.92 Å². The Morgan fingerprint density at radius 3 is 1.71 bits per heavy atom. The second kappa shape index (κ2) is 4.03. The Kier molecular flexibility index (Phi) is 3.95. The summed E-state index contributed by atoms with van der Waals surface area (Å²) in [7, 11) is 0. The smallest absolute Gasteiger partial charge is 0.0947 e. The van der Waals surface area contributed by atoms with Crippen LogP contribution < -0.4 is 0 Å². The fourth-order valence-corrected chi connectivity index (χ4v) is 0.259. The number of hydrogen-bond donors (Lipinski definition) is 0. The fourth-order valence-electron chi connectivity index (χ4n) is 0.259. The topological polar surface area (TPSA) is 0 Å². The van der Waals surface area contributed by atoms with Gasteiger partial charge in [-0.2, -0.15) is 0 Å². The highest BCUT2D eigenvalue weighted by atomic mass is 19.1. The van der Waals surface area contributed by atoms with E-state index in [1.54, 1.807) is 6.92 Å². The molecule has 0 atom stereocenters. The minimum atomic E-state index is -0.521. The first-order valence-electron chi connectivity index (χ1n) is 2.47. The van der Waals surface area contributed by atoms with E-state index in [1.165, 1.54) is 0 Å². The highest BCUT2D eigenvalue weighted by molar-refractivity contribution is 4.49. The van der Waals surface area contributed by atoms with Gasteiger partial charge in [-0.1, -0.05) is 6.92 Å². The van der Waals surface area contributed by atoms with Gasteiger partial charge in [0.2, 0.25) is 0 Å². The summed E-state index contributed by atoms with van der Waals surface area (Å²) in [6, 6.07) is 0. The highest BCUT2D eigenvalue weighted by Gasteiger charge is 2.01. The van der Waals surface area contributed by atoms with Crippen LogP contribution in [0.25, 0.3) is 0 Å². The number of hydrogen-bond acceptors (Lipinski definition) is 0. The van der Waals surface area contributed by atoms with Gasteiger partial charge in [0.05, 0.1) is 13.3 Å². The zero-order chi connectivity index (χ0) is 5.70. The molecule has 0 aromatic carbocycles. The van der Waals surface area contributed by atoms with Gasteiger partial charge in [0, 0.05) is 5.92 Å². The van der Waals surface area contributed by atoms with E-state index in [0.29, 0.717) is 6.42 Å². The first-order chi connectivity index (χ1) is 3.35.